The van der Waals surface area contributed by atoms with E-state index in [0.717, 1.165) is 29.8 Å². The van der Waals surface area contributed by atoms with Crippen LogP contribution in [0.25, 0.3) is 0 Å². The standard InChI is InChI=1S/C19H19Cl2N3O2/c1-11-14(5-3-6-15(11)24-19(26)12-8-9-12)22-10-17(25)23-16-7-2-4-13(20)18(16)21/h2-7,12,22H,8-10H2,1H3,(H,23,25)(H,24,26). The number of carbonyl (C=O) groups is 2. The molecule has 3 rings (SSSR count). The van der Waals surface area contributed by atoms with E-state index < -0.39 is 0 Å². The van der Waals surface area contributed by atoms with Gasteiger partial charge < -0.3 is 16.0 Å². The van der Waals surface area contributed by atoms with Crippen LogP contribution < -0.4 is 16.0 Å². The van der Waals surface area contributed by atoms with Gasteiger partial charge in [0.2, 0.25) is 11.8 Å². The lowest BCUT2D eigenvalue weighted by Gasteiger charge is -2.14. The highest BCUT2D eigenvalue weighted by atomic mass is 35.5. The van der Waals surface area contributed by atoms with Gasteiger partial charge in [-0.25, -0.2) is 0 Å². The minimum atomic E-state index is -0.249. The van der Waals surface area contributed by atoms with Gasteiger partial charge in [0.25, 0.3) is 0 Å². The Kier molecular flexibility index (Phi) is 5.69. The van der Waals surface area contributed by atoms with Crippen molar-refractivity contribution in [2.75, 3.05) is 22.5 Å². The number of benzene rings is 2. The van der Waals surface area contributed by atoms with Crippen molar-refractivity contribution in [1.82, 2.24) is 0 Å². The lowest BCUT2D eigenvalue weighted by atomic mass is 10.1. The van der Waals surface area contributed by atoms with Crippen molar-refractivity contribution in [1.29, 1.82) is 0 Å². The minimum Gasteiger partial charge on any atom is -0.376 e. The molecular formula is C19H19Cl2N3O2. The van der Waals surface area contributed by atoms with Crippen LogP contribution in [0.4, 0.5) is 17.1 Å². The summed E-state index contributed by atoms with van der Waals surface area (Å²) in [5.41, 5.74) is 2.89. The maximum Gasteiger partial charge on any atom is 0.243 e. The smallest absolute Gasteiger partial charge is 0.243 e. The van der Waals surface area contributed by atoms with E-state index >= 15 is 0 Å². The Morgan fingerprint density at radius 1 is 1.00 bits per heavy atom. The van der Waals surface area contributed by atoms with Gasteiger partial charge in [-0.1, -0.05) is 35.3 Å². The molecule has 2 aromatic carbocycles. The van der Waals surface area contributed by atoms with Crippen LogP contribution in [0.2, 0.25) is 10.0 Å². The normalized spacial score (nSPS) is 13.2. The highest BCUT2D eigenvalue weighted by Gasteiger charge is 2.29. The van der Waals surface area contributed by atoms with Gasteiger partial charge in [-0.05, 0) is 49.6 Å². The van der Waals surface area contributed by atoms with Crippen molar-refractivity contribution in [2.24, 2.45) is 5.92 Å². The lowest BCUT2D eigenvalue weighted by molar-refractivity contribution is -0.117. The van der Waals surface area contributed by atoms with Gasteiger partial charge in [-0.2, -0.15) is 0 Å². The molecule has 2 aromatic rings. The van der Waals surface area contributed by atoms with Crippen molar-refractivity contribution >= 4 is 52.1 Å². The van der Waals surface area contributed by atoms with Gasteiger partial charge >= 0.3 is 0 Å². The van der Waals surface area contributed by atoms with Crippen molar-refractivity contribution in [3.8, 4) is 0 Å². The third kappa shape index (κ3) is 4.48. The van der Waals surface area contributed by atoms with Gasteiger partial charge in [-0.15, -0.1) is 0 Å². The maximum atomic E-state index is 12.2. The van der Waals surface area contributed by atoms with Gasteiger partial charge in [0.1, 0.15) is 0 Å². The molecule has 1 fully saturated rings. The monoisotopic (exact) mass is 391 g/mol. The molecule has 1 saturated carbocycles. The summed E-state index contributed by atoms with van der Waals surface area (Å²) in [5, 5.41) is 9.44. The lowest BCUT2D eigenvalue weighted by Crippen LogP contribution is -2.22. The fourth-order valence-electron chi connectivity index (χ4n) is 2.51. The molecule has 0 unspecified atom stereocenters. The van der Waals surface area contributed by atoms with Gasteiger partial charge in [0, 0.05) is 17.3 Å². The molecule has 1 aliphatic carbocycles. The molecule has 136 valence electrons. The first-order valence-electron chi connectivity index (χ1n) is 8.34. The number of hydrogen-bond acceptors (Lipinski definition) is 3. The Labute approximate surface area is 162 Å². The third-order valence-corrected chi connectivity index (χ3v) is 5.02. The molecule has 0 bridgehead atoms. The SMILES string of the molecule is Cc1c(NCC(=O)Nc2cccc(Cl)c2Cl)cccc1NC(=O)C1CC1. The Hall–Kier alpha value is -2.24. The Bertz CT molecular complexity index is 851. The molecule has 0 spiro atoms. The summed E-state index contributed by atoms with van der Waals surface area (Å²) in [4.78, 5) is 24.1. The Balaban J connectivity index is 1.61. The molecule has 26 heavy (non-hydrogen) atoms. The first-order chi connectivity index (χ1) is 12.5. The maximum absolute atomic E-state index is 12.2. The second kappa shape index (κ2) is 7.98. The molecule has 2 amide bonds. The number of carbonyl (C=O) groups excluding carboxylic acids is 2. The van der Waals surface area contributed by atoms with Crippen molar-refractivity contribution in [2.45, 2.75) is 19.8 Å². The molecule has 0 radical (unpaired) electrons. The topological polar surface area (TPSA) is 70.2 Å². The molecular weight excluding hydrogens is 373 g/mol. The van der Waals surface area contributed by atoms with Gasteiger partial charge in [0.15, 0.2) is 0 Å². The molecule has 3 N–H and O–H groups in total. The molecule has 1 aliphatic rings. The van der Waals surface area contributed by atoms with E-state index in [1.54, 1.807) is 18.2 Å². The zero-order valence-corrected chi connectivity index (χ0v) is 15.7. The van der Waals surface area contributed by atoms with E-state index in [1.165, 1.54) is 0 Å². The highest BCUT2D eigenvalue weighted by molar-refractivity contribution is 6.44. The average molecular weight is 392 g/mol. The van der Waals surface area contributed by atoms with Crippen LogP contribution in [0, 0.1) is 12.8 Å². The van der Waals surface area contributed by atoms with E-state index in [4.69, 9.17) is 23.2 Å². The average Bonchev–Trinajstić information content (AvgIpc) is 3.45. The second-order valence-electron chi connectivity index (χ2n) is 6.24. The summed E-state index contributed by atoms with van der Waals surface area (Å²) in [7, 11) is 0. The van der Waals surface area contributed by atoms with Crippen molar-refractivity contribution < 1.29 is 9.59 Å². The fraction of sp³-hybridized carbons (Fsp3) is 0.263. The van der Waals surface area contributed by atoms with Crippen LogP contribution in [0.5, 0.6) is 0 Å². The van der Waals surface area contributed by atoms with E-state index in [1.807, 2.05) is 25.1 Å². The molecule has 7 heteroatoms. The van der Waals surface area contributed by atoms with Crippen LogP contribution in [0.3, 0.4) is 0 Å². The fourth-order valence-corrected chi connectivity index (χ4v) is 2.86. The number of rotatable bonds is 6. The highest BCUT2D eigenvalue weighted by Crippen LogP contribution is 2.32. The first kappa shape index (κ1) is 18.5. The summed E-state index contributed by atoms with van der Waals surface area (Å²) in [5.74, 6) is -0.0567. The molecule has 0 aliphatic heterocycles. The largest absolute Gasteiger partial charge is 0.376 e. The molecule has 5 nitrogen and oxygen atoms in total. The molecule has 0 heterocycles. The van der Waals surface area contributed by atoms with E-state index in [9.17, 15) is 9.59 Å². The third-order valence-electron chi connectivity index (χ3n) is 4.20. The predicted octanol–water partition coefficient (Wildman–Crippen LogP) is 4.70. The number of anilines is 3. The zero-order valence-electron chi connectivity index (χ0n) is 14.2. The summed E-state index contributed by atoms with van der Waals surface area (Å²) >= 11 is 12.0. The van der Waals surface area contributed by atoms with Crippen LogP contribution >= 0.6 is 23.2 Å². The summed E-state index contributed by atoms with van der Waals surface area (Å²) in [6.45, 7) is 1.96. The van der Waals surface area contributed by atoms with Crippen LogP contribution in [0.15, 0.2) is 36.4 Å². The summed E-state index contributed by atoms with van der Waals surface area (Å²) in [6, 6.07) is 10.6. The van der Waals surface area contributed by atoms with E-state index in [2.05, 4.69) is 16.0 Å². The predicted molar refractivity (Wildman–Crippen MR) is 106 cm³/mol. The Morgan fingerprint density at radius 2 is 1.65 bits per heavy atom. The van der Waals surface area contributed by atoms with E-state index in [-0.39, 0.29) is 24.3 Å². The summed E-state index contributed by atoms with van der Waals surface area (Å²) in [6.07, 6.45) is 1.91. The number of amides is 2. The molecule has 0 aromatic heterocycles. The van der Waals surface area contributed by atoms with Crippen molar-refractivity contribution in [3.63, 3.8) is 0 Å². The second-order valence-corrected chi connectivity index (χ2v) is 7.03. The van der Waals surface area contributed by atoms with Crippen LogP contribution in [-0.4, -0.2) is 18.4 Å². The quantitative estimate of drug-likeness (QED) is 0.667. The summed E-state index contributed by atoms with van der Waals surface area (Å²) < 4.78 is 0. The first-order valence-corrected chi connectivity index (χ1v) is 9.09. The van der Waals surface area contributed by atoms with E-state index in [0.29, 0.717) is 15.7 Å². The number of nitrogens with one attached hydrogen (secondary N) is 3. The van der Waals surface area contributed by atoms with Gasteiger partial charge in [-0.3, -0.25) is 9.59 Å². The number of hydrogen-bond donors (Lipinski definition) is 3. The minimum absolute atomic E-state index is 0.0543. The Morgan fingerprint density at radius 3 is 2.38 bits per heavy atom. The molecule has 0 saturated heterocycles. The van der Waals surface area contributed by atoms with Crippen molar-refractivity contribution in [3.05, 3.63) is 52.0 Å². The zero-order chi connectivity index (χ0) is 18.7. The molecule has 0 atom stereocenters. The van der Waals surface area contributed by atoms with Crippen LogP contribution in [0.1, 0.15) is 18.4 Å². The van der Waals surface area contributed by atoms with Gasteiger partial charge in [0.05, 0.1) is 22.3 Å². The number of halogens is 2. The van der Waals surface area contributed by atoms with Crippen LogP contribution in [-0.2, 0) is 9.59 Å².